The van der Waals surface area contributed by atoms with Crippen LogP contribution < -0.4 is 4.74 Å². The summed E-state index contributed by atoms with van der Waals surface area (Å²) in [5.41, 5.74) is 3.91. The van der Waals surface area contributed by atoms with Crippen LogP contribution in [0.1, 0.15) is 59.2 Å². The fourth-order valence-electron chi connectivity index (χ4n) is 6.18. The van der Waals surface area contributed by atoms with Crippen LogP contribution in [-0.4, -0.2) is 66.1 Å². The Labute approximate surface area is 268 Å². The lowest BCUT2D eigenvalue weighted by molar-refractivity contribution is -0.0592. The summed E-state index contributed by atoms with van der Waals surface area (Å²) in [5.74, 6) is 0.0631. The Balaban J connectivity index is 0.972. The molecule has 2 aliphatic rings. The van der Waals surface area contributed by atoms with E-state index in [9.17, 15) is 23.1 Å². The van der Waals surface area contributed by atoms with Crippen LogP contribution in [0.2, 0.25) is 0 Å². The van der Waals surface area contributed by atoms with Gasteiger partial charge in [-0.15, -0.1) is 0 Å². The van der Waals surface area contributed by atoms with Gasteiger partial charge in [0, 0.05) is 41.6 Å². The van der Waals surface area contributed by atoms with Gasteiger partial charge in [-0.1, -0.05) is 18.2 Å². The third-order valence-electron chi connectivity index (χ3n) is 8.93. The third-order valence-corrected chi connectivity index (χ3v) is 8.93. The molecular formula is C34H33F3N6O4. The molecule has 0 spiro atoms. The number of imidazole rings is 1. The number of carboxylic acid groups (broad SMARTS) is 1. The molecule has 2 aromatic carbocycles. The fraction of sp³-hybridized carbons (Fsp3) is 0.353. The van der Waals surface area contributed by atoms with E-state index in [-0.39, 0.29) is 24.2 Å². The topological polar surface area (TPSA) is 108 Å². The number of alkyl halides is 2. The van der Waals surface area contributed by atoms with Gasteiger partial charge in [-0.2, -0.15) is 13.9 Å². The number of carbonyl (C=O) groups is 1. The molecule has 1 atom stereocenters. The number of likely N-dealkylation sites (tertiary alicyclic amines) is 1. The first kappa shape index (κ1) is 30.9. The van der Waals surface area contributed by atoms with Gasteiger partial charge in [-0.3, -0.25) is 4.90 Å². The van der Waals surface area contributed by atoms with Gasteiger partial charge in [0.15, 0.2) is 0 Å². The summed E-state index contributed by atoms with van der Waals surface area (Å²) in [4.78, 5) is 23.6. The van der Waals surface area contributed by atoms with Crippen molar-refractivity contribution in [3.05, 3.63) is 95.5 Å². The minimum absolute atomic E-state index is 0.0296. The summed E-state index contributed by atoms with van der Waals surface area (Å²) in [6.07, 6.45) is 5.31. The number of fused-ring (bicyclic) bond motifs is 1. The van der Waals surface area contributed by atoms with Crippen molar-refractivity contribution in [3.8, 4) is 17.0 Å². The van der Waals surface area contributed by atoms with Crippen LogP contribution in [0.4, 0.5) is 13.2 Å². The molecule has 244 valence electrons. The number of piperidine rings is 1. The van der Waals surface area contributed by atoms with Crippen LogP contribution in [0.5, 0.6) is 5.88 Å². The Hall–Kier alpha value is -4.75. The summed E-state index contributed by atoms with van der Waals surface area (Å²) in [5, 5.41) is 13.1. The lowest BCUT2D eigenvalue weighted by Crippen LogP contribution is -2.35. The van der Waals surface area contributed by atoms with E-state index in [1.165, 1.54) is 18.5 Å². The second-order valence-electron chi connectivity index (χ2n) is 12.0. The number of nitrogens with zero attached hydrogens (tertiary/aromatic N) is 6. The van der Waals surface area contributed by atoms with Crippen LogP contribution in [0.3, 0.4) is 0 Å². The van der Waals surface area contributed by atoms with Crippen molar-refractivity contribution in [2.24, 2.45) is 0 Å². The van der Waals surface area contributed by atoms with E-state index in [0.717, 1.165) is 61.5 Å². The highest BCUT2D eigenvalue weighted by atomic mass is 19.3. The fourth-order valence-corrected chi connectivity index (χ4v) is 6.18. The Morgan fingerprint density at radius 2 is 1.87 bits per heavy atom. The minimum atomic E-state index is -2.76. The SMILES string of the molecule is O=C(O)c1ccc2nc(CN3CCC(c4cccc(OCc5ccc(-c6cnn(C(F)F)c6)cc5F)n4)CC3)n(CC3CCO3)c2c1. The van der Waals surface area contributed by atoms with Crippen molar-refractivity contribution in [2.45, 2.75) is 57.5 Å². The molecule has 2 saturated heterocycles. The molecule has 2 fully saturated rings. The molecule has 0 aliphatic carbocycles. The zero-order valence-corrected chi connectivity index (χ0v) is 25.4. The molecule has 0 bridgehead atoms. The number of pyridine rings is 1. The number of aromatic carboxylic acids is 1. The summed E-state index contributed by atoms with van der Waals surface area (Å²) in [6.45, 7) is 0.922. The molecule has 0 saturated carbocycles. The Bertz CT molecular complexity index is 1900. The zero-order chi connectivity index (χ0) is 32.5. The molecule has 1 unspecified atom stereocenters. The number of benzene rings is 2. The minimum Gasteiger partial charge on any atom is -0.478 e. The lowest BCUT2D eigenvalue weighted by Gasteiger charge is -2.32. The van der Waals surface area contributed by atoms with E-state index >= 15 is 0 Å². The molecule has 13 heteroatoms. The lowest BCUT2D eigenvalue weighted by atomic mass is 9.93. The Morgan fingerprint density at radius 3 is 2.57 bits per heavy atom. The summed E-state index contributed by atoms with van der Waals surface area (Å²) >= 11 is 0. The van der Waals surface area contributed by atoms with Crippen molar-refractivity contribution in [1.29, 1.82) is 0 Å². The van der Waals surface area contributed by atoms with Gasteiger partial charge in [-0.25, -0.2) is 23.8 Å². The second kappa shape index (κ2) is 13.2. The van der Waals surface area contributed by atoms with E-state index < -0.39 is 18.3 Å². The zero-order valence-electron chi connectivity index (χ0n) is 25.4. The maximum Gasteiger partial charge on any atom is 0.335 e. The van der Waals surface area contributed by atoms with Crippen LogP contribution in [0.15, 0.2) is 67.0 Å². The maximum absolute atomic E-state index is 14.9. The average molecular weight is 647 g/mol. The number of carboxylic acids is 1. The van der Waals surface area contributed by atoms with Gasteiger partial charge >= 0.3 is 12.5 Å². The first-order valence-corrected chi connectivity index (χ1v) is 15.6. The molecule has 2 aliphatic heterocycles. The van der Waals surface area contributed by atoms with E-state index in [1.807, 2.05) is 12.1 Å². The third kappa shape index (κ3) is 6.72. The van der Waals surface area contributed by atoms with Crippen LogP contribution >= 0.6 is 0 Å². The van der Waals surface area contributed by atoms with Crippen LogP contribution in [0, 0.1) is 5.82 Å². The smallest absolute Gasteiger partial charge is 0.335 e. The normalized spacial score (nSPS) is 17.3. The number of hydrogen-bond acceptors (Lipinski definition) is 7. The summed E-state index contributed by atoms with van der Waals surface area (Å²) < 4.78 is 54.7. The van der Waals surface area contributed by atoms with E-state index in [2.05, 4.69) is 14.6 Å². The summed E-state index contributed by atoms with van der Waals surface area (Å²) in [7, 11) is 0. The molecule has 5 heterocycles. The average Bonchev–Trinajstić information content (AvgIpc) is 3.68. The first-order valence-electron chi connectivity index (χ1n) is 15.6. The van der Waals surface area contributed by atoms with Crippen molar-refractivity contribution in [2.75, 3.05) is 19.7 Å². The van der Waals surface area contributed by atoms with Crippen molar-refractivity contribution in [1.82, 2.24) is 29.2 Å². The highest BCUT2D eigenvalue weighted by molar-refractivity contribution is 5.92. The molecule has 3 aromatic heterocycles. The largest absolute Gasteiger partial charge is 0.478 e. The molecule has 5 aromatic rings. The quantitative estimate of drug-likeness (QED) is 0.179. The molecule has 0 radical (unpaired) electrons. The van der Waals surface area contributed by atoms with Crippen molar-refractivity contribution < 1.29 is 32.5 Å². The summed E-state index contributed by atoms with van der Waals surface area (Å²) in [6, 6.07) is 15.2. The highest BCUT2D eigenvalue weighted by Gasteiger charge is 2.26. The predicted molar refractivity (Wildman–Crippen MR) is 166 cm³/mol. The standard InChI is InChI=1S/C34H33F3N6O4/c35-27-14-22(25-16-38-43(17-25)34(36)37)4-5-24(27)20-47-32-3-1-2-28(40-32)21-8-11-41(12-9-21)19-31-39-29-7-6-23(33(44)45)15-30(29)42(31)18-26-10-13-46-26/h1-7,14-17,21,26,34H,8-13,18-20H2,(H,44,45). The molecule has 47 heavy (non-hydrogen) atoms. The molecular weight excluding hydrogens is 613 g/mol. The van der Waals surface area contributed by atoms with Gasteiger partial charge in [0.05, 0.1) is 42.0 Å². The van der Waals surface area contributed by atoms with Crippen LogP contribution in [0.25, 0.3) is 22.2 Å². The van der Waals surface area contributed by atoms with Gasteiger partial charge in [0.2, 0.25) is 5.88 Å². The number of halogens is 3. The van der Waals surface area contributed by atoms with Crippen molar-refractivity contribution in [3.63, 3.8) is 0 Å². The Kier molecular flexibility index (Phi) is 8.65. The molecule has 1 N–H and O–H groups in total. The van der Waals surface area contributed by atoms with E-state index in [1.54, 1.807) is 36.4 Å². The van der Waals surface area contributed by atoms with Gasteiger partial charge in [0.25, 0.3) is 0 Å². The van der Waals surface area contributed by atoms with Crippen LogP contribution in [-0.2, 0) is 24.4 Å². The van der Waals surface area contributed by atoms with Gasteiger partial charge < -0.3 is 19.1 Å². The molecule has 10 nitrogen and oxygen atoms in total. The Morgan fingerprint density at radius 1 is 1.04 bits per heavy atom. The van der Waals surface area contributed by atoms with Gasteiger partial charge in [-0.05, 0) is 68.2 Å². The maximum atomic E-state index is 14.9. The number of hydrogen-bond donors (Lipinski definition) is 1. The van der Waals surface area contributed by atoms with E-state index in [4.69, 9.17) is 19.4 Å². The predicted octanol–water partition coefficient (Wildman–Crippen LogP) is 6.27. The number of ether oxygens (including phenoxy) is 2. The highest BCUT2D eigenvalue weighted by Crippen LogP contribution is 2.30. The number of rotatable bonds is 11. The van der Waals surface area contributed by atoms with E-state index in [0.29, 0.717) is 40.3 Å². The molecule has 0 amide bonds. The first-order chi connectivity index (χ1) is 22.8. The van der Waals surface area contributed by atoms with Crippen molar-refractivity contribution >= 4 is 17.0 Å². The molecule has 7 rings (SSSR count). The number of aromatic nitrogens is 5. The van der Waals surface area contributed by atoms with Gasteiger partial charge in [0.1, 0.15) is 18.2 Å². The monoisotopic (exact) mass is 646 g/mol. The second-order valence-corrected chi connectivity index (χ2v) is 12.0.